The molecule has 0 atom stereocenters. The topological polar surface area (TPSA) is 42.7 Å². The van der Waals surface area contributed by atoms with Gasteiger partial charge in [0.1, 0.15) is 18.0 Å². The summed E-state index contributed by atoms with van der Waals surface area (Å²) in [5, 5.41) is 11.1. The molecule has 0 saturated heterocycles. The lowest BCUT2D eigenvalue weighted by atomic mass is 10.1. The molecule has 0 unspecified atom stereocenters. The molecule has 4 nitrogen and oxygen atoms in total. The predicted octanol–water partition coefficient (Wildman–Crippen LogP) is 1.59. The molecule has 18 heavy (non-hydrogen) atoms. The Kier molecular flexibility index (Phi) is 4.04. The van der Waals surface area contributed by atoms with Crippen LogP contribution in [0.25, 0.3) is 0 Å². The van der Waals surface area contributed by atoms with E-state index in [-0.39, 0.29) is 5.82 Å². The molecule has 1 heterocycles. The van der Waals surface area contributed by atoms with E-state index in [2.05, 4.69) is 15.5 Å². The van der Waals surface area contributed by atoms with E-state index >= 15 is 0 Å². The van der Waals surface area contributed by atoms with Crippen LogP contribution in [0.5, 0.6) is 0 Å². The van der Waals surface area contributed by atoms with Crippen molar-refractivity contribution in [3.63, 3.8) is 0 Å². The third kappa shape index (κ3) is 3.13. The van der Waals surface area contributed by atoms with Crippen molar-refractivity contribution < 1.29 is 4.39 Å². The third-order valence-corrected chi connectivity index (χ3v) is 2.96. The smallest absolute Gasteiger partial charge is 0.133 e. The van der Waals surface area contributed by atoms with Crippen LogP contribution < -0.4 is 5.32 Å². The van der Waals surface area contributed by atoms with E-state index in [1.54, 1.807) is 18.5 Å². The van der Waals surface area contributed by atoms with Crippen molar-refractivity contribution in [3.05, 3.63) is 47.3 Å². The number of benzene rings is 1. The molecular formula is C13H17FN4. The Balaban J connectivity index is 1.82. The first-order chi connectivity index (χ1) is 8.66. The molecular weight excluding hydrogens is 231 g/mol. The maximum Gasteiger partial charge on any atom is 0.133 e. The molecule has 0 aliphatic rings. The Morgan fingerprint density at radius 2 is 2.22 bits per heavy atom. The van der Waals surface area contributed by atoms with Crippen LogP contribution in [0.3, 0.4) is 0 Å². The minimum absolute atomic E-state index is 0.189. The summed E-state index contributed by atoms with van der Waals surface area (Å²) in [5.74, 6) is 0.754. The number of aromatic nitrogens is 3. The van der Waals surface area contributed by atoms with Gasteiger partial charge in [-0.2, -0.15) is 0 Å². The highest BCUT2D eigenvalue weighted by atomic mass is 19.1. The van der Waals surface area contributed by atoms with Crippen LogP contribution in [-0.4, -0.2) is 21.3 Å². The van der Waals surface area contributed by atoms with Gasteiger partial charge >= 0.3 is 0 Å². The SMILES string of the molecule is Cc1ccc(F)cc1CNCCc1nncn1C. The Hall–Kier alpha value is -1.75. The number of nitrogens with zero attached hydrogens (tertiary/aromatic N) is 3. The van der Waals surface area contributed by atoms with Gasteiger partial charge < -0.3 is 9.88 Å². The zero-order valence-corrected chi connectivity index (χ0v) is 10.7. The number of halogens is 1. The normalized spacial score (nSPS) is 10.8. The van der Waals surface area contributed by atoms with Gasteiger partial charge in [0.2, 0.25) is 0 Å². The lowest BCUT2D eigenvalue weighted by Crippen LogP contribution is -2.18. The summed E-state index contributed by atoms with van der Waals surface area (Å²) in [6.07, 6.45) is 2.50. The first-order valence-electron chi connectivity index (χ1n) is 5.95. The van der Waals surface area contributed by atoms with Crippen LogP contribution in [-0.2, 0) is 20.0 Å². The number of nitrogens with one attached hydrogen (secondary N) is 1. The summed E-state index contributed by atoms with van der Waals surface area (Å²) in [5.41, 5.74) is 2.09. The van der Waals surface area contributed by atoms with Gasteiger partial charge in [0.15, 0.2) is 0 Å². The Morgan fingerprint density at radius 3 is 2.94 bits per heavy atom. The van der Waals surface area contributed by atoms with Gasteiger partial charge in [-0.3, -0.25) is 0 Å². The minimum Gasteiger partial charge on any atom is -0.321 e. The Bertz CT molecular complexity index is 521. The molecule has 5 heteroatoms. The Labute approximate surface area is 106 Å². The molecule has 0 fully saturated rings. The fraction of sp³-hybridized carbons (Fsp3) is 0.385. The van der Waals surface area contributed by atoms with E-state index in [4.69, 9.17) is 0 Å². The maximum absolute atomic E-state index is 13.1. The Morgan fingerprint density at radius 1 is 1.39 bits per heavy atom. The van der Waals surface area contributed by atoms with Gasteiger partial charge in [0.25, 0.3) is 0 Å². The van der Waals surface area contributed by atoms with Crippen molar-refractivity contribution >= 4 is 0 Å². The molecule has 96 valence electrons. The van der Waals surface area contributed by atoms with Gasteiger partial charge in [-0.25, -0.2) is 4.39 Å². The second-order valence-corrected chi connectivity index (χ2v) is 4.36. The molecule has 0 amide bonds. The summed E-state index contributed by atoms with van der Waals surface area (Å²) < 4.78 is 15.0. The quantitative estimate of drug-likeness (QED) is 0.817. The van der Waals surface area contributed by atoms with E-state index in [0.717, 1.165) is 29.9 Å². The van der Waals surface area contributed by atoms with Crippen LogP contribution >= 0.6 is 0 Å². The zero-order chi connectivity index (χ0) is 13.0. The average Bonchev–Trinajstić information content (AvgIpc) is 2.75. The fourth-order valence-corrected chi connectivity index (χ4v) is 1.79. The largest absolute Gasteiger partial charge is 0.321 e. The van der Waals surface area contributed by atoms with Crippen molar-refractivity contribution in [1.29, 1.82) is 0 Å². The highest BCUT2D eigenvalue weighted by Gasteiger charge is 2.02. The van der Waals surface area contributed by atoms with Gasteiger partial charge in [0.05, 0.1) is 0 Å². The monoisotopic (exact) mass is 248 g/mol. The summed E-state index contributed by atoms with van der Waals surface area (Å²) in [6.45, 7) is 3.45. The van der Waals surface area contributed by atoms with Crippen LogP contribution in [0.15, 0.2) is 24.5 Å². The first kappa shape index (κ1) is 12.7. The number of rotatable bonds is 5. The van der Waals surface area contributed by atoms with Crippen LogP contribution in [0, 0.1) is 12.7 Å². The van der Waals surface area contributed by atoms with Crippen molar-refractivity contribution in [1.82, 2.24) is 20.1 Å². The number of hydrogen-bond donors (Lipinski definition) is 1. The highest BCUT2D eigenvalue weighted by Crippen LogP contribution is 2.09. The summed E-state index contributed by atoms with van der Waals surface area (Å²) in [6, 6.07) is 4.86. The molecule has 1 aromatic heterocycles. The summed E-state index contributed by atoms with van der Waals surface area (Å²) in [4.78, 5) is 0. The van der Waals surface area contributed by atoms with E-state index in [0.29, 0.717) is 6.54 Å². The van der Waals surface area contributed by atoms with Gasteiger partial charge in [-0.15, -0.1) is 10.2 Å². The van der Waals surface area contributed by atoms with E-state index in [1.807, 2.05) is 18.5 Å². The molecule has 0 radical (unpaired) electrons. The van der Waals surface area contributed by atoms with Crippen molar-refractivity contribution in [2.24, 2.45) is 7.05 Å². The van der Waals surface area contributed by atoms with Gasteiger partial charge in [-0.05, 0) is 30.2 Å². The third-order valence-electron chi connectivity index (χ3n) is 2.96. The van der Waals surface area contributed by atoms with Crippen molar-refractivity contribution in [2.75, 3.05) is 6.54 Å². The molecule has 0 saturated carbocycles. The van der Waals surface area contributed by atoms with E-state index in [1.165, 1.54) is 6.07 Å². The lowest BCUT2D eigenvalue weighted by Gasteiger charge is -2.07. The van der Waals surface area contributed by atoms with Crippen LogP contribution in [0.2, 0.25) is 0 Å². The molecule has 0 aliphatic heterocycles. The number of hydrogen-bond acceptors (Lipinski definition) is 3. The van der Waals surface area contributed by atoms with Gasteiger partial charge in [0, 0.05) is 26.6 Å². The van der Waals surface area contributed by atoms with Crippen molar-refractivity contribution in [2.45, 2.75) is 19.9 Å². The highest BCUT2D eigenvalue weighted by molar-refractivity contribution is 5.26. The molecule has 2 aromatic rings. The van der Waals surface area contributed by atoms with Gasteiger partial charge in [-0.1, -0.05) is 6.07 Å². The first-order valence-corrected chi connectivity index (χ1v) is 5.95. The van der Waals surface area contributed by atoms with Crippen LogP contribution in [0.1, 0.15) is 17.0 Å². The molecule has 1 N–H and O–H groups in total. The summed E-state index contributed by atoms with van der Waals surface area (Å²) >= 11 is 0. The maximum atomic E-state index is 13.1. The summed E-state index contributed by atoms with van der Waals surface area (Å²) in [7, 11) is 1.92. The molecule has 0 spiro atoms. The van der Waals surface area contributed by atoms with Crippen molar-refractivity contribution in [3.8, 4) is 0 Å². The molecule has 2 rings (SSSR count). The van der Waals surface area contributed by atoms with E-state index in [9.17, 15) is 4.39 Å². The lowest BCUT2D eigenvalue weighted by molar-refractivity contribution is 0.616. The molecule has 0 aliphatic carbocycles. The number of aryl methyl sites for hydroxylation is 2. The second-order valence-electron chi connectivity index (χ2n) is 4.36. The second kappa shape index (κ2) is 5.73. The predicted molar refractivity (Wildman–Crippen MR) is 67.6 cm³/mol. The standard InChI is InChI=1S/C13H17FN4/c1-10-3-4-12(14)7-11(10)8-15-6-5-13-17-16-9-18(13)2/h3-4,7,9,15H,5-6,8H2,1-2H3. The zero-order valence-electron chi connectivity index (χ0n) is 10.7. The average molecular weight is 248 g/mol. The van der Waals surface area contributed by atoms with E-state index < -0.39 is 0 Å². The van der Waals surface area contributed by atoms with Crippen LogP contribution in [0.4, 0.5) is 4.39 Å². The molecule has 1 aromatic carbocycles. The minimum atomic E-state index is -0.189. The molecule has 0 bridgehead atoms. The fourth-order valence-electron chi connectivity index (χ4n) is 1.79.